The fraction of sp³-hybridized carbons (Fsp3) is 0.571. The van der Waals surface area contributed by atoms with E-state index in [4.69, 9.17) is 4.40 Å². The van der Waals surface area contributed by atoms with Gasteiger partial charge in [0.2, 0.25) is 0 Å². The molecule has 1 nitrogen and oxygen atoms in total. The van der Waals surface area contributed by atoms with Gasteiger partial charge >= 0.3 is 0 Å². The SMILES string of the molecule is C1=C(C2CCCCC2)C(C2CCCCC2)=NSc2ccccc21. The highest BCUT2D eigenvalue weighted by Crippen LogP contribution is 2.40. The Labute approximate surface area is 144 Å². The smallest absolute Gasteiger partial charge is 0.0556 e. The fourth-order valence-corrected chi connectivity index (χ4v) is 5.33. The largest absolute Gasteiger partial charge is 0.215 e. The molecule has 0 aromatic heterocycles. The zero-order valence-electron chi connectivity index (χ0n) is 14.0. The Morgan fingerprint density at radius 1 is 0.783 bits per heavy atom. The second-order valence-electron chi connectivity index (χ2n) is 7.38. The van der Waals surface area contributed by atoms with E-state index < -0.39 is 0 Å². The van der Waals surface area contributed by atoms with E-state index in [1.54, 1.807) is 17.5 Å². The van der Waals surface area contributed by atoms with Crippen LogP contribution in [0.3, 0.4) is 0 Å². The average Bonchev–Trinajstić information content (AvgIpc) is 2.83. The summed E-state index contributed by atoms with van der Waals surface area (Å²) in [7, 11) is 0. The minimum absolute atomic E-state index is 0.707. The third-order valence-electron chi connectivity index (χ3n) is 5.80. The molecular formula is C21H27NS. The second-order valence-corrected chi connectivity index (χ2v) is 8.18. The number of nitrogens with zero attached hydrogens (tertiary/aromatic N) is 1. The third kappa shape index (κ3) is 3.42. The van der Waals surface area contributed by atoms with E-state index >= 15 is 0 Å². The fourth-order valence-electron chi connectivity index (χ4n) is 4.50. The Balaban J connectivity index is 1.71. The van der Waals surface area contributed by atoms with Crippen molar-refractivity contribution in [1.82, 2.24) is 0 Å². The molecule has 4 rings (SSSR count). The highest BCUT2D eigenvalue weighted by molar-refractivity contribution is 7.98. The van der Waals surface area contributed by atoms with Crippen LogP contribution in [0.4, 0.5) is 0 Å². The lowest BCUT2D eigenvalue weighted by molar-refractivity contribution is 0.402. The summed E-state index contributed by atoms with van der Waals surface area (Å²) >= 11 is 1.71. The summed E-state index contributed by atoms with van der Waals surface area (Å²) in [5.74, 6) is 1.45. The van der Waals surface area contributed by atoms with Crippen molar-refractivity contribution in [3.63, 3.8) is 0 Å². The van der Waals surface area contributed by atoms with E-state index in [1.165, 1.54) is 80.4 Å². The highest BCUT2D eigenvalue weighted by Gasteiger charge is 2.29. The zero-order chi connectivity index (χ0) is 15.5. The van der Waals surface area contributed by atoms with Crippen LogP contribution in [-0.4, -0.2) is 5.71 Å². The normalized spacial score (nSPS) is 23.7. The topological polar surface area (TPSA) is 12.4 Å². The summed E-state index contributed by atoms with van der Waals surface area (Å²) in [6.07, 6.45) is 16.3. The van der Waals surface area contributed by atoms with Gasteiger partial charge in [0.25, 0.3) is 0 Å². The van der Waals surface area contributed by atoms with Gasteiger partial charge in [0.05, 0.1) is 5.71 Å². The van der Waals surface area contributed by atoms with E-state index in [-0.39, 0.29) is 0 Å². The average molecular weight is 326 g/mol. The molecule has 2 fully saturated rings. The van der Waals surface area contributed by atoms with Gasteiger partial charge in [0.1, 0.15) is 0 Å². The molecule has 2 heteroatoms. The molecule has 3 aliphatic rings. The molecule has 1 heterocycles. The van der Waals surface area contributed by atoms with Crippen molar-refractivity contribution >= 4 is 23.7 Å². The van der Waals surface area contributed by atoms with Crippen molar-refractivity contribution < 1.29 is 0 Å². The van der Waals surface area contributed by atoms with Crippen LogP contribution in [0.25, 0.3) is 6.08 Å². The van der Waals surface area contributed by atoms with Gasteiger partial charge in [0.15, 0.2) is 0 Å². The first kappa shape index (κ1) is 15.5. The van der Waals surface area contributed by atoms with Gasteiger partial charge in [0, 0.05) is 22.8 Å². The molecule has 122 valence electrons. The molecule has 0 N–H and O–H groups in total. The summed E-state index contributed by atoms with van der Waals surface area (Å²) in [5.41, 5.74) is 4.43. The summed E-state index contributed by atoms with van der Waals surface area (Å²) in [5, 5.41) is 0. The van der Waals surface area contributed by atoms with Gasteiger partial charge in [-0.3, -0.25) is 0 Å². The van der Waals surface area contributed by atoms with Gasteiger partial charge in [-0.2, -0.15) is 0 Å². The lowest BCUT2D eigenvalue weighted by atomic mass is 9.75. The van der Waals surface area contributed by atoms with E-state index in [9.17, 15) is 0 Å². The lowest BCUT2D eigenvalue weighted by Gasteiger charge is -2.30. The number of allylic oxidation sites excluding steroid dienone is 1. The maximum Gasteiger partial charge on any atom is 0.0556 e. The predicted molar refractivity (Wildman–Crippen MR) is 101 cm³/mol. The van der Waals surface area contributed by atoms with Crippen LogP contribution in [0.5, 0.6) is 0 Å². The van der Waals surface area contributed by atoms with Gasteiger partial charge in [-0.15, -0.1) is 0 Å². The first-order valence-corrected chi connectivity index (χ1v) is 10.2. The molecule has 2 aliphatic carbocycles. The van der Waals surface area contributed by atoms with Gasteiger partial charge in [-0.25, -0.2) is 4.40 Å². The lowest BCUT2D eigenvalue weighted by Crippen LogP contribution is -2.24. The van der Waals surface area contributed by atoms with Crippen LogP contribution < -0.4 is 0 Å². The maximum atomic E-state index is 5.11. The summed E-state index contributed by atoms with van der Waals surface area (Å²) < 4.78 is 5.11. The van der Waals surface area contributed by atoms with Crippen molar-refractivity contribution in [3.05, 3.63) is 35.4 Å². The highest BCUT2D eigenvalue weighted by atomic mass is 32.2. The van der Waals surface area contributed by atoms with Crippen LogP contribution >= 0.6 is 11.9 Å². The minimum Gasteiger partial charge on any atom is -0.215 e. The molecule has 0 atom stereocenters. The van der Waals surface area contributed by atoms with E-state index in [0.717, 1.165) is 5.92 Å². The molecule has 0 spiro atoms. The van der Waals surface area contributed by atoms with E-state index in [2.05, 4.69) is 30.3 Å². The Kier molecular flexibility index (Phi) is 4.89. The molecule has 2 saturated carbocycles. The van der Waals surface area contributed by atoms with Gasteiger partial charge < -0.3 is 0 Å². The number of hydrogen-bond donors (Lipinski definition) is 0. The molecule has 0 bridgehead atoms. The molecule has 1 aliphatic heterocycles. The quantitative estimate of drug-likeness (QED) is 0.552. The molecule has 0 amide bonds. The van der Waals surface area contributed by atoms with Crippen molar-refractivity contribution in [3.8, 4) is 0 Å². The maximum absolute atomic E-state index is 5.11. The molecule has 0 saturated heterocycles. The van der Waals surface area contributed by atoms with Crippen LogP contribution in [0.1, 0.15) is 69.8 Å². The van der Waals surface area contributed by atoms with Gasteiger partial charge in [-0.05, 0) is 54.9 Å². The summed E-state index contributed by atoms with van der Waals surface area (Å²) in [4.78, 5) is 1.33. The Morgan fingerprint density at radius 2 is 1.43 bits per heavy atom. The number of fused-ring (bicyclic) bond motifs is 1. The molecule has 0 radical (unpaired) electrons. The zero-order valence-corrected chi connectivity index (χ0v) is 14.8. The molecule has 23 heavy (non-hydrogen) atoms. The molecular weight excluding hydrogens is 298 g/mol. The number of rotatable bonds is 2. The summed E-state index contributed by atoms with van der Waals surface area (Å²) in [6.45, 7) is 0. The first-order chi connectivity index (χ1) is 11.4. The first-order valence-electron chi connectivity index (χ1n) is 9.48. The standard InChI is InChI=1S/C21H27NS/c1-3-9-16(10-4-1)19-15-18-13-7-8-14-20(18)23-22-21(19)17-11-5-2-6-12-17/h7-8,13-17H,1-6,9-12H2. The molecule has 1 aromatic carbocycles. The van der Waals surface area contributed by atoms with E-state index in [0.29, 0.717) is 5.92 Å². The second kappa shape index (κ2) is 7.25. The summed E-state index contributed by atoms with van der Waals surface area (Å²) in [6, 6.07) is 8.80. The van der Waals surface area contributed by atoms with Crippen LogP contribution in [0.15, 0.2) is 39.1 Å². The monoisotopic (exact) mass is 325 g/mol. The van der Waals surface area contributed by atoms with Crippen LogP contribution in [-0.2, 0) is 0 Å². The van der Waals surface area contributed by atoms with Crippen LogP contribution in [0.2, 0.25) is 0 Å². The van der Waals surface area contributed by atoms with Crippen molar-refractivity contribution in [1.29, 1.82) is 0 Å². The van der Waals surface area contributed by atoms with E-state index in [1.807, 2.05) is 0 Å². The van der Waals surface area contributed by atoms with Crippen LogP contribution in [0, 0.1) is 11.8 Å². The predicted octanol–water partition coefficient (Wildman–Crippen LogP) is 6.69. The minimum atomic E-state index is 0.707. The molecule has 0 unspecified atom stereocenters. The van der Waals surface area contributed by atoms with Crippen molar-refractivity contribution in [2.45, 2.75) is 69.1 Å². The van der Waals surface area contributed by atoms with Crippen molar-refractivity contribution in [2.24, 2.45) is 16.2 Å². The Bertz CT molecular complexity index is 604. The molecule has 1 aromatic rings. The van der Waals surface area contributed by atoms with Gasteiger partial charge in [-0.1, -0.05) is 56.7 Å². The number of hydrogen-bond acceptors (Lipinski definition) is 2. The third-order valence-corrected chi connectivity index (χ3v) is 6.66. The Hall–Kier alpha value is -1.02. The van der Waals surface area contributed by atoms with Crippen molar-refractivity contribution in [2.75, 3.05) is 0 Å². The number of benzene rings is 1. The Morgan fingerprint density at radius 3 is 2.17 bits per heavy atom.